The fourth-order valence-corrected chi connectivity index (χ4v) is 5.23. The Morgan fingerprint density at radius 2 is 1.27 bits per heavy atom. The summed E-state index contributed by atoms with van der Waals surface area (Å²) in [5.41, 5.74) is 1.87. The average molecular weight is 707 g/mol. The second kappa shape index (κ2) is 27.7. The number of amides is 2. The molecule has 0 aliphatic carbocycles. The van der Waals surface area contributed by atoms with Crippen molar-refractivity contribution in [2.24, 2.45) is 0 Å². The topological polar surface area (TPSA) is 102 Å². The first-order valence-corrected chi connectivity index (χ1v) is 18.8. The Kier molecular flexibility index (Phi) is 23.0. The van der Waals surface area contributed by atoms with Crippen LogP contribution in [0.15, 0.2) is 103 Å². The zero-order valence-corrected chi connectivity index (χ0v) is 31.2. The third-order valence-corrected chi connectivity index (χ3v) is 8.15. The fourth-order valence-electron chi connectivity index (χ4n) is 5.23. The number of carbonyl (C=O) groups is 4. The zero-order chi connectivity index (χ0) is 37.7. The molecule has 2 amide bonds. The van der Waals surface area contributed by atoms with Crippen LogP contribution in [0.5, 0.6) is 0 Å². The van der Waals surface area contributed by atoms with Gasteiger partial charge in [-0.15, -0.1) is 12.3 Å². The number of unbranched alkanes of at least 4 members (excludes halogenated alkanes) is 5. The summed E-state index contributed by atoms with van der Waals surface area (Å²) >= 11 is 0. The van der Waals surface area contributed by atoms with Crippen molar-refractivity contribution in [1.82, 2.24) is 10.6 Å². The molecule has 0 unspecified atom stereocenters. The van der Waals surface area contributed by atoms with Crippen molar-refractivity contribution < 1.29 is 23.9 Å². The fraction of sp³-hybridized carbons (Fsp3) is 0.422. The molecule has 7 nitrogen and oxygen atoms in total. The molecule has 0 saturated heterocycles. The van der Waals surface area contributed by atoms with Crippen LogP contribution in [-0.2, 0) is 25.5 Å². The van der Waals surface area contributed by atoms with Gasteiger partial charge in [-0.25, -0.2) is 4.79 Å². The molecule has 0 heterocycles. The molecule has 278 valence electrons. The molecule has 2 rings (SSSR count). The molecule has 52 heavy (non-hydrogen) atoms. The first-order chi connectivity index (χ1) is 25.3. The summed E-state index contributed by atoms with van der Waals surface area (Å²) in [5, 5.41) is 5.66. The van der Waals surface area contributed by atoms with Gasteiger partial charge in [-0.05, 0) is 63.9 Å². The summed E-state index contributed by atoms with van der Waals surface area (Å²) in [5.74, 6) is 1.40. The van der Waals surface area contributed by atoms with Gasteiger partial charge in [0.2, 0.25) is 11.8 Å². The van der Waals surface area contributed by atoms with E-state index < -0.39 is 18.1 Å². The maximum atomic E-state index is 13.2. The number of hydrogen-bond donors (Lipinski definition) is 2. The molecule has 2 atom stereocenters. The molecule has 0 aromatic heterocycles. The second-order valence-corrected chi connectivity index (χ2v) is 12.9. The number of esters is 1. The molecular weight excluding hydrogens is 649 g/mol. The van der Waals surface area contributed by atoms with E-state index in [1.807, 2.05) is 18.2 Å². The highest BCUT2D eigenvalue weighted by Gasteiger charge is 2.24. The Hall–Kier alpha value is -4.96. The molecule has 2 aromatic carbocycles. The molecule has 0 spiro atoms. The number of ketones is 1. The van der Waals surface area contributed by atoms with Crippen LogP contribution in [0.25, 0.3) is 0 Å². The van der Waals surface area contributed by atoms with Crippen LogP contribution in [0, 0.1) is 12.3 Å². The quantitative estimate of drug-likeness (QED) is 0.0335. The number of allylic oxidation sites excluding steroid dienone is 8. The lowest BCUT2D eigenvalue weighted by atomic mass is 9.99. The van der Waals surface area contributed by atoms with Crippen LogP contribution in [0.2, 0.25) is 0 Å². The molecule has 0 saturated carbocycles. The first kappa shape index (κ1) is 43.2. The average Bonchev–Trinajstić information content (AvgIpc) is 3.15. The van der Waals surface area contributed by atoms with E-state index >= 15 is 0 Å². The van der Waals surface area contributed by atoms with Crippen molar-refractivity contribution in [3.05, 3.63) is 120 Å². The number of benzene rings is 2. The van der Waals surface area contributed by atoms with Gasteiger partial charge in [-0.1, -0.05) is 123 Å². The number of ether oxygens (including phenoxy) is 1. The van der Waals surface area contributed by atoms with E-state index in [1.54, 1.807) is 43.3 Å². The van der Waals surface area contributed by atoms with Crippen molar-refractivity contribution in [2.45, 2.75) is 116 Å². The third-order valence-electron chi connectivity index (χ3n) is 8.15. The molecule has 2 aromatic rings. The van der Waals surface area contributed by atoms with Crippen molar-refractivity contribution >= 4 is 23.6 Å². The lowest BCUT2D eigenvalue weighted by Crippen LogP contribution is -2.45. The van der Waals surface area contributed by atoms with Crippen LogP contribution in [0.3, 0.4) is 0 Å². The van der Waals surface area contributed by atoms with Crippen LogP contribution in [-0.4, -0.2) is 42.3 Å². The van der Waals surface area contributed by atoms with Crippen molar-refractivity contribution in [3.8, 4) is 12.3 Å². The van der Waals surface area contributed by atoms with Crippen molar-refractivity contribution in [3.63, 3.8) is 0 Å². The summed E-state index contributed by atoms with van der Waals surface area (Å²) in [6.45, 7) is 3.96. The number of hydrogen-bond acceptors (Lipinski definition) is 5. The van der Waals surface area contributed by atoms with Crippen molar-refractivity contribution in [2.75, 3.05) is 6.61 Å². The van der Waals surface area contributed by atoms with Gasteiger partial charge in [0.1, 0.15) is 12.6 Å². The smallest absolute Gasteiger partial charge is 0.329 e. The molecule has 0 aliphatic heterocycles. The van der Waals surface area contributed by atoms with Crippen molar-refractivity contribution in [1.29, 1.82) is 0 Å². The lowest BCUT2D eigenvalue weighted by molar-refractivity contribution is -0.149. The lowest BCUT2D eigenvalue weighted by Gasteiger charge is -2.20. The highest BCUT2D eigenvalue weighted by molar-refractivity contribution is 6.08. The van der Waals surface area contributed by atoms with Crippen LogP contribution in [0.1, 0.15) is 119 Å². The number of rotatable bonds is 26. The van der Waals surface area contributed by atoms with Gasteiger partial charge in [0, 0.05) is 36.8 Å². The van der Waals surface area contributed by atoms with Gasteiger partial charge in [-0.2, -0.15) is 0 Å². The molecule has 7 heteroatoms. The maximum Gasteiger partial charge on any atom is 0.329 e. The zero-order valence-electron chi connectivity index (χ0n) is 31.2. The monoisotopic (exact) mass is 706 g/mol. The van der Waals surface area contributed by atoms with Gasteiger partial charge >= 0.3 is 5.97 Å². The highest BCUT2D eigenvalue weighted by atomic mass is 16.5. The van der Waals surface area contributed by atoms with E-state index in [9.17, 15) is 19.2 Å². The molecule has 2 N–H and O–H groups in total. The van der Waals surface area contributed by atoms with Gasteiger partial charge in [0.05, 0.1) is 6.04 Å². The number of carbonyl (C=O) groups excluding carboxylic acids is 4. The first-order valence-electron chi connectivity index (χ1n) is 18.8. The summed E-state index contributed by atoms with van der Waals surface area (Å²) < 4.78 is 5.54. The van der Waals surface area contributed by atoms with Gasteiger partial charge in [0.25, 0.3) is 0 Å². The molecule has 0 fully saturated rings. The Labute approximate surface area is 312 Å². The van der Waals surface area contributed by atoms with Crippen LogP contribution < -0.4 is 10.6 Å². The summed E-state index contributed by atoms with van der Waals surface area (Å²) in [6.07, 6.45) is 33.8. The molecule has 0 radical (unpaired) electrons. The standard InChI is InChI=1S/C45H58N2O5/c1-4-6-8-9-10-11-12-13-14-15-16-17-18-19-20-21-26-30-42(48)46-37(3)36-52-45(51)41(47-43(49)29-23-7-5-2)35-38-31-33-40(34-32-38)44(50)39-27-24-22-25-28-39/h2,10-11,13-14,16-17,19-20,22,24-25,27-28,31-34,37,41H,4,6-9,12,15,18,21,23,26,29-30,35-36H2,1,3H3,(H,46,48)(H,47,49)/b11-10-,14-13-,17-16-,20-19-/t37-,41+/m1/s1. The highest BCUT2D eigenvalue weighted by Crippen LogP contribution is 2.13. The van der Waals surface area contributed by atoms with Crippen LogP contribution >= 0.6 is 0 Å². The minimum Gasteiger partial charge on any atom is -0.462 e. The summed E-state index contributed by atoms with van der Waals surface area (Å²) in [4.78, 5) is 51.0. The predicted molar refractivity (Wildman–Crippen MR) is 212 cm³/mol. The second-order valence-electron chi connectivity index (χ2n) is 12.9. The minimum absolute atomic E-state index is 0.0320. The Bertz CT molecular complexity index is 1500. The largest absolute Gasteiger partial charge is 0.462 e. The molecule has 0 aliphatic rings. The van der Waals surface area contributed by atoms with Gasteiger partial charge < -0.3 is 15.4 Å². The van der Waals surface area contributed by atoms with E-state index in [1.165, 1.54) is 25.7 Å². The molecule has 0 bridgehead atoms. The van der Waals surface area contributed by atoms with E-state index in [0.717, 1.165) is 37.7 Å². The SMILES string of the molecule is C#CCCCC(=O)N[C@@H](Cc1ccc(C(=O)c2ccccc2)cc1)C(=O)OC[C@@H](C)NC(=O)CCC/C=C\C/C=C\C/C=C\C/C=C\CCCCC. The predicted octanol–water partition coefficient (Wildman–Crippen LogP) is 8.94. The Balaban J connectivity index is 1.73. The number of terminal acetylenes is 1. The summed E-state index contributed by atoms with van der Waals surface area (Å²) in [6, 6.07) is 14.6. The van der Waals surface area contributed by atoms with Gasteiger partial charge in [-0.3, -0.25) is 14.4 Å². The summed E-state index contributed by atoms with van der Waals surface area (Å²) in [7, 11) is 0. The Morgan fingerprint density at radius 1 is 0.712 bits per heavy atom. The van der Waals surface area contributed by atoms with Gasteiger partial charge in [0.15, 0.2) is 5.78 Å². The normalized spacial score (nSPS) is 12.6. The minimum atomic E-state index is -0.942. The number of nitrogens with one attached hydrogen (secondary N) is 2. The van der Waals surface area contributed by atoms with E-state index in [2.05, 4.69) is 72.1 Å². The van der Waals surface area contributed by atoms with E-state index in [-0.39, 0.29) is 37.0 Å². The maximum absolute atomic E-state index is 13.2. The molecular formula is C45H58N2O5. The van der Waals surface area contributed by atoms with E-state index in [4.69, 9.17) is 11.2 Å². The van der Waals surface area contributed by atoms with Crippen LogP contribution in [0.4, 0.5) is 0 Å². The Morgan fingerprint density at radius 3 is 1.88 bits per heavy atom. The van der Waals surface area contributed by atoms with E-state index in [0.29, 0.717) is 30.4 Å². The third kappa shape index (κ3) is 20.0.